The maximum Gasteiger partial charge on any atom is 0.167 e. The fourth-order valence-corrected chi connectivity index (χ4v) is 1.80. The third kappa shape index (κ3) is 3.09. The van der Waals surface area contributed by atoms with Gasteiger partial charge in [0.15, 0.2) is 5.78 Å². The lowest BCUT2D eigenvalue weighted by Gasteiger charge is -2.13. The number of rotatable bonds is 6. The van der Waals surface area contributed by atoms with Crippen LogP contribution in [-0.2, 0) is 4.79 Å². The molecule has 0 aliphatic rings. The smallest absolute Gasteiger partial charge is 0.167 e. The van der Waals surface area contributed by atoms with Gasteiger partial charge in [0.25, 0.3) is 0 Å². The molecule has 1 rings (SSSR count). The quantitative estimate of drug-likeness (QED) is 0.728. The summed E-state index contributed by atoms with van der Waals surface area (Å²) in [6.45, 7) is 3.31. The van der Waals surface area contributed by atoms with Gasteiger partial charge in [-0.1, -0.05) is 0 Å². The van der Waals surface area contributed by atoms with Gasteiger partial charge in [0.1, 0.15) is 17.3 Å². The van der Waals surface area contributed by atoms with Crippen LogP contribution in [-0.4, -0.2) is 25.8 Å². The summed E-state index contributed by atoms with van der Waals surface area (Å²) < 4.78 is 10.4. The highest BCUT2D eigenvalue weighted by molar-refractivity contribution is 6.00. The zero-order chi connectivity index (χ0) is 13.7. The summed E-state index contributed by atoms with van der Waals surface area (Å²) in [5.74, 6) is 1.11. The molecule has 0 atom stereocenters. The molecule has 0 heterocycles. The van der Waals surface area contributed by atoms with Gasteiger partial charge in [0.05, 0.1) is 19.8 Å². The van der Waals surface area contributed by atoms with Gasteiger partial charge in [-0.15, -0.1) is 0 Å². The molecule has 0 N–H and O–H groups in total. The molecule has 0 bridgehead atoms. The Morgan fingerprint density at radius 2 is 1.78 bits per heavy atom. The molecule has 0 unspecified atom stereocenters. The second kappa shape index (κ2) is 6.19. The van der Waals surface area contributed by atoms with Gasteiger partial charge in [0, 0.05) is 18.4 Å². The van der Waals surface area contributed by atoms with Crippen LogP contribution >= 0.6 is 0 Å². The van der Waals surface area contributed by atoms with Crippen molar-refractivity contribution in [3.63, 3.8) is 0 Å². The Morgan fingerprint density at radius 1 is 1.11 bits per heavy atom. The van der Waals surface area contributed by atoms with Crippen LogP contribution in [0.15, 0.2) is 12.1 Å². The molecular weight excluding hydrogens is 232 g/mol. The minimum Gasteiger partial charge on any atom is -0.496 e. The van der Waals surface area contributed by atoms with Crippen molar-refractivity contribution in [2.45, 2.75) is 26.7 Å². The summed E-state index contributed by atoms with van der Waals surface area (Å²) in [7, 11) is 3.09. The van der Waals surface area contributed by atoms with Gasteiger partial charge in [-0.25, -0.2) is 0 Å². The second-order valence-electron chi connectivity index (χ2n) is 4.10. The first-order valence-electron chi connectivity index (χ1n) is 5.75. The average molecular weight is 250 g/mol. The van der Waals surface area contributed by atoms with Crippen molar-refractivity contribution in [2.24, 2.45) is 0 Å². The third-order valence-corrected chi connectivity index (χ3v) is 2.78. The van der Waals surface area contributed by atoms with Crippen molar-refractivity contribution in [3.8, 4) is 11.5 Å². The standard InChI is InChI=1S/C14H18O4/c1-9(15)5-7-12(16)11-6-8-13(17-3)10(2)14(11)18-4/h6,8H,5,7H2,1-4H3. The highest BCUT2D eigenvalue weighted by Gasteiger charge is 2.17. The first-order valence-corrected chi connectivity index (χ1v) is 5.75. The number of hydrogen-bond donors (Lipinski definition) is 0. The summed E-state index contributed by atoms with van der Waals surface area (Å²) in [6, 6.07) is 3.41. The molecule has 0 saturated carbocycles. The lowest BCUT2D eigenvalue weighted by atomic mass is 10.0. The van der Waals surface area contributed by atoms with E-state index in [0.29, 0.717) is 17.1 Å². The number of ether oxygens (including phenoxy) is 2. The number of Topliss-reactive ketones (excluding diaryl/α,β-unsaturated/α-hetero) is 2. The molecule has 0 spiro atoms. The Balaban J connectivity index is 3.05. The number of carbonyl (C=O) groups excluding carboxylic acids is 2. The van der Waals surface area contributed by atoms with Gasteiger partial charge in [-0.3, -0.25) is 4.79 Å². The topological polar surface area (TPSA) is 52.6 Å². The number of hydrogen-bond acceptors (Lipinski definition) is 4. The molecule has 0 aliphatic carbocycles. The molecule has 4 nitrogen and oxygen atoms in total. The lowest BCUT2D eigenvalue weighted by Crippen LogP contribution is -2.06. The largest absolute Gasteiger partial charge is 0.496 e. The third-order valence-electron chi connectivity index (χ3n) is 2.78. The fourth-order valence-electron chi connectivity index (χ4n) is 1.80. The van der Waals surface area contributed by atoms with Gasteiger partial charge in [-0.05, 0) is 26.0 Å². The van der Waals surface area contributed by atoms with Gasteiger partial charge < -0.3 is 14.3 Å². The van der Waals surface area contributed by atoms with Gasteiger partial charge in [0.2, 0.25) is 0 Å². The molecule has 0 saturated heterocycles. The zero-order valence-corrected chi connectivity index (χ0v) is 11.2. The van der Waals surface area contributed by atoms with Crippen LogP contribution in [0.4, 0.5) is 0 Å². The van der Waals surface area contributed by atoms with Crippen LogP contribution in [0.1, 0.15) is 35.7 Å². The molecule has 4 heteroatoms. The Hall–Kier alpha value is -1.84. The monoisotopic (exact) mass is 250 g/mol. The van der Waals surface area contributed by atoms with E-state index in [4.69, 9.17) is 9.47 Å². The summed E-state index contributed by atoms with van der Waals surface area (Å²) in [4.78, 5) is 22.9. The highest BCUT2D eigenvalue weighted by Crippen LogP contribution is 2.32. The summed E-state index contributed by atoms with van der Waals surface area (Å²) in [5, 5.41) is 0. The van der Waals surface area contributed by atoms with Crippen LogP contribution in [0.2, 0.25) is 0 Å². The SMILES string of the molecule is COc1ccc(C(=O)CCC(C)=O)c(OC)c1C. The molecular formula is C14H18O4. The van der Waals surface area contributed by atoms with E-state index >= 15 is 0 Å². The van der Waals surface area contributed by atoms with Crippen LogP contribution in [0.5, 0.6) is 11.5 Å². The Morgan fingerprint density at radius 3 is 2.28 bits per heavy atom. The average Bonchev–Trinajstić information content (AvgIpc) is 2.35. The minimum absolute atomic E-state index is 0.00699. The van der Waals surface area contributed by atoms with E-state index in [9.17, 15) is 9.59 Å². The second-order valence-corrected chi connectivity index (χ2v) is 4.10. The van der Waals surface area contributed by atoms with Crippen LogP contribution in [0.25, 0.3) is 0 Å². The van der Waals surface area contributed by atoms with Gasteiger partial charge in [-0.2, -0.15) is 0 Å². The van der Waals surface area contributed by atoms with E-state index in [1.165, 1.54) is 14.0 Å². The summed E-state index contributed by atoms with van der Waals surface area (Å²) in [6.07, 6.45) is 0.463. The van der Waals surface area contributed by atoms with Crippen molar-refractivity contribution >= 4 is 11.6 Å². The number of methoxy groups -OCH3 is 2. The Labute approximate surface area is 107 Å². The van der Waals surface area contributed by atoms with Crippen LogP contribution < -0.4 is 9.47 Å². The molecule has 0 aliphatic heterocycles. The fraction of sp³-hybridized carbons (Fsp3) is 0.429. The van der Waals surface area contributed by atoms with Crippen molar-refractivity contribution in [3.05, 3.63) is 23.3 Å². The number of benzene rings is 1. The minimum atomic E-state index is -0.0900. The van der Waals surface area contributed by atoms with Gasteiger partial charge >= 0.3 is 0 Å². The number of ketones is 2. The van der Waals surface area contributed by atoms with Crippen LogP contribution in [0.3, 0.4) is 0 Å². The summed E-state index contributed by atoms with van der Waals surface area (Å²) >= 11 is 0. The maximum absolute atomic E-state index is 12.0. The first kappa shape index (κ1) is 14.2. The van der Waals surface area contributed by atoms with E-state index in [0.717, 1.165) is 5.56 Å². The normalized spacial score (nSPS) is 10.0. The van der Waals surface area contributed by atoms with E-state index in [1.807, 2.05) is 6.92 Å². The van der Waals surface area contributed by atoms with Crippen molar-refractivity contribution in [1.82, 2.24) is 0 Å². The predicted molar refractivity (Wildman–Crippen MR) is 68.5 cm³/mol. The van der Waals surface area contributed by atoms with Crippen molar-refractivity contribution in [1.29, 1.82) is 0 Å². The predicted octanol–water partition coefficient (Wildman–Crippen LogP) is 2.56. The van der Waals surface area contributed by atoms with E-state index < -0.39 is 0 Å². The Bertz CT molecular complexity index is 463. The Kier molecular flexibility index (Phi) is 4.89. The molecule has 0 aromatic heterocycles. The van der Waals surface area contributed by atoms with E-state index in [-0.39, 0.29) is 24.4 Å². The van der Waals surface area contributed by atoms with E-state index in [2.05, 4.69) is 0 Å². The zero-order valence-electron chi connectivity index (χ0n) is 11.2. The van der Waals surface area contributed by atoms with Crippen molar-refractivity contribution < 1.29 is 19.1 Å². The van der Waals surface area contributed by atoms with Crippen molar-refractivity contribution in [2.75, 3.05) is 14.2 Å². The maximum atomic E-state index is 12.0. The molecule has 0 amide bonds. The lowest BCUT2D eigenvalue weighted by molar-refractivity contribution is -0.116. The highest BCUT2D eigenvalue weighted by atomic mass is 16.5. The molecule has 1 aromatic rings. The molecule has 98 valence electrons. The molecule has 18 heavy (non-hydrogen) atoms. The molecule has 0 radical (unpaired) electrons. The molecule has 1 aromatic carbocycles. The van der Waals surface area contributed by atoms with Crippen LogP contribution in [0, 0.1) is 6.92 Å². The molecule has 0 fully saturated rings. The summed E-state index contributed by atoms with van der Waals surface area (Å²) in [5.41, 5.74) is 1.28. The van der Waals surface area contributed by atoms with E-state index in [1.54, 1.807) is 19.2 Å². The first-order chi connectivity index (χ1) is 8.51. The number of carbonyl (C=O) groups is 2.